The Morgan fingerprint density at radius 3 is 2.50 bits per heavy atom. The van der Waals surface area contributed by atoms with E-state index in [1.54, 1.807) is 20.0 Å². The summed E-state index contributed by atoms with van der Waals surface area (Å²) in [7, 11) is -3.22. The van der Waals surface area contributed by atoms with Crippen molar-refractivity contribution in [1.29, 1.82) is 0 Å². The molecule has 1 heterocycles. The van der Waals surface area contributed by atoms with Crippen molar-refractivity contribution in [3.8, 4) is 0 Å². The maximum absolute atomic E-state index is 12.2. The molecule has 7 heteroatoms. The molecule has 1 aromatic rings. The fourth-order valence-corrected chi connectivity index (χ4v) is 3.23. The number of hydrogen-bond donors (Lipinski definition) is 1. The summed E-state index contributed by atoms with van der Waals surface area (Å²) in [5.41, 5.74) is 0.886. The number of hydrogen-bond acceptors (Lipinski definition) is 4. The van der Waals surface area contributed by atoms with Crippen LogP contribution in [0.15, 0.2) is 10.7 Å². The Balaban J connectivity index is 3.36. The van der Waals surface area contributed by atoms with Crippen molar-refractivity contribution in [2.45, 2.75) is 51.4 Å². The fraction of sp³-hybridized carbons (Fsp3) is 0.769. The third kappa shape index (κ3) is 3.43. The summed E-state index contributed by atoms with van der Waals surface area (Å²) in [6.07, 6.45) is 3.94. The average molecular weight is 366 g/mol. The first-order valence-electron chi connectivity index (χ1n) is 6.81. The number of rotatable bonds is 7. The minimum Gasteiger partial charge on any atom is -0.307 e. The lowest BCUT2D eigenvalue weighted by atomic mass is 9.99. The third-order valence-corrected chi connectivity index (χ3v) is 6.41. The molecule has 0 bridgehead atoms. The van der Waals surface area contributed by atoms with Crippen LogP contribution < -0.4 is 5.32 Å². The van der Waals surface area contributed by atoms with Crippen LogP contribution in [0.2, 0.25) is 0 Å². The predicted molar refractivity (Wildman–Crippen MR) is 85.6 cm³/mol. The van der Waals surface area contributed by atoms with E-state index in [2.05, 4.69) is 33.3 Å². The van der Waals surface area contributed by atoms with Gasteiger partial charge in [0.15, 0.2) is 9.84 Å². The van der Waals surface area contributed by atoms with Crippen LogP contribution in [0.3, 0.4) is 0 Å². The molecule has 0 amide bonds. The summed E-state index contributed by atoms with van der Waals surface area (Å²) in [5.74, 6) is 0. The monoisotopic (exact) mass is 365 g/mol. The van der Waals surface area contributed by atoms with Crippen molar-refractivity contribution < 1.29 is 8.42 Å². The SMILES string of the molecule is CCCNC(c1c(Br)cnn1CC)C(C)(C)S(C)(=O)=O. The van der Waals surface area contributed by atoms with Gasteiger partial charge in [0.25, 0.3) is 0 Å². The topological polar surface area (TPSA) is 64.0 Å². The lowest BCUT2D eigenvalue weighted by Crippen LogP contribution is -2.46. The smallest absolute Gasteiger partial charge is 0.154 e. The second kappa shape index (κ2) is 6.58. The van der Waals surface area contributed by atoms with Crippen molar-refractivity contribution in [3.63, 3.8) is 0 Å². The molecule has 20 heavy (non-hydrogen) atoms. The van der Waals surface area contributed by atoms with Crippen molar-refractivity contribution >= 4 is 25.8 Å². The molecule has 116 valence electrons. The normalized spacial score (nSPS) is 14.5. The zero-order valence-electron chi connectivity index (χ0n) is 12.8. The van der Waals surface area contributed by atoms with Gasteiger partial charge in [-0.05, 0) is 49.7 Å². The van der Waals surface area contributed by atoms with Gasteiger partial charge in [-0.15, -0.1) is 0 Å². The van der Waals surface area contributed by atoms with Gasteiger partial charge >= 0.3 is 0 Å². The molecule has 0 spiro atoms. The number of aromatic nitrogens is 2. The number of halogens is 1. The van der Waals surface area contributed by atoms with Crippen LogP contribution >= 0.6 is 15.9 Å². The molecular weight excluding hydrogens is 342 g/mol. The van der Waals surface area contributed by atoms with Gasteiger partial charge in [-0.1, -0.05) is 6.92 Å². The Kier molecular flexibility index (Phi) is 5.80. The van der Waals surface area contributed by atoms with Gasteiger partial charge in [-0.25, -0.2) is 8.42 Å². The van der Waals surface area contributed by atoms with E-state index in [4.69, 9.17) is 0 Å². The van der Waals surface area contributed by atoms with Crippen molar-refractivity contribution in [3.05, 3.63) is 16.4 Å². The van der Waals surface area contributed by atoms with Crippen molar-refractivity contribution in [1.82, 2.24) is 15.1 Å². The van der Waals surface area contributed by atoms with Gasteiger partial charge in [0.05, 0.1) is 27.2 Å². The standard InChI is InChI=1S/C13H24BrN3O2S/c1-6-8-15-12(13(3,4)20(5,18)19)11-10(14)9-16-17(11)7-2/h9,12,15H,6-8H2,1-5H3. The van der Waals surface area contributed by atoms with Crippen LogP contribution in [0.1, 0.15) is 45.9 Å². The molecule has 0 saturated heterocycles. The van der Waals surface area contributed by atoms with E-state index in [1.807, 2.05) is 11.6 Å². The molecule has 0 fully saturated rings. The van der Waals surface area contributed by atoms with Crippen molar-refractivity contribution in [2.24, 2.45) is 0 Å². The molecular formula is C13H24BrN3O2S. The number of aryl methyl sites for hydroxylation is 1. The molecule has 0 radical (unpaired) electrons. The van der Waals surface area contributed by atoms with Crippen molar-refractivity contribution in [2.75, 3.05) is 12.8 Å². The highest BCUT2D eigenvalue weighted by Gasteiger charge is 2.42. The van der Waals surface area contributed by atoms with Gasteiger partial charge in [0, 0.05) is 12.8 Å². The quantitative estimate of drug-likeness (QED) is 0.806. The molecule has 1 rings (SSSR count). The fourth-order valence-electron chi connectivity index (χ4n) is 2.09. The molecule has 0 saturated carbocycles. The minimum absolute atomic E-state index is 0.311. The predicted octanol–water partition coefficient (Wildman–Crippen LogP) is 2.53. The summed E-state index contributed by atoms with van der Waals surface area (Å²) in [5, 5.41) is 7.66. The maximum atomic E-state index is 12.2. The van der Waals surface area contributed by atoms with Crippen LogP contribution in [-0.2, 0) is 16.4 Å². The highest BCUT2D eigenvalue weighted by atomic mass is 79.9. The largest absolute Gasteiger partial charge is 0.307 e. The second-order valence-corrected chi connectivity index (χ2v) is 8.91. The Labute approximate surface area is 130 Å². The molecule has 1 aromatic heterocycles. The Hall–Kier alpha value is -0.400. The van der Waals surface area contributed by atoms with Gasteiger partial charge in [-0.3, -0.25) is 4.68 Å². The molecule has 5 nitrogen and oxygen atoms in total. The first-order valence-corrected chi connectivity index (χ1v) is 9.49. The van der Waals surface area contributed by atoms with E-state index in [0.29, 0.717) is 6.54 Å². The first-order chi connectivity index (χ1) is 9.16. The highest BCUT2D eigenvalue weighted by molar-refractivity contribution is 9.10. The highest BCUT2D eigenvalue weighted by Crippen LogP contribution is 2.35. The van der Waals surface area contributed by atoms with Crippen LogP contribution in [0, 0.1) is 0 Å². The van der Waals surface area contributed by atoms with E-state index in [0.717, 1.165) is 23.1 Å². The van der Waals surface area contributed by atoms with E-state index in [-0.39, 0.29) is 6.04 Å². The Morgan fingerprint density at radius 2 is 2.05 bits per heavy atom. The van der Waals surface area contributed by atoms with Crippen LogP contribution in [0.25, 0.3) is 0 Å². The molecule has 1 unspecified atom stereocenters. The van der Waals surface area contributed by atoms with E-state index >= 15 is 0 Å². The van der Waals surface area contributed by atoms with Gasteiger partial charge in [-0.2, -0.15) is 5.10 Å². The lowest BCUT2D eigenvalue weighted by Gasteiger charge is -2.34. The summed E-state index contributed by atoms with van der Waals surface area (Å²) in [6.45, 7) is 9.02. The summed E-state index contributed by atoms with van der Waals surface area (Å²) in [6, 6.07) is -0.311. The first kappa shape index (κ1) is 17.7. The van der Waals surface area contributed by atoms with Crippen LogP contribution in [0.4, 0.5) is 0 Å². The number of nitrogens with zero attached hydrogens (tertiary/aromatic N) is 2. The molecule has 0 aliphatic rings. The molecule has 1 atom stereocenters. The minimum atomic E-state index is -3.22. The van der Waals surface area contributed by atoms with Gasteiger partial charge in [0.1, 0.15) is 0 Å². The molecule has 0 aliphatic carbocycles. The molecule has 0 aliphatic heterocycles. The molecule has 1 N–H and O–H groups in total. The average Bonchev–Trinajstić information content (AvgIpc) is 2.70. The Morgan fingerprint density at radius 1 is 1.45 bits per heavy atom. The zero-order chi connectivity index (χ0) is 15.6. The van der Waals surface area contributed by atoms with E-state index < -0.39 is 14.6 Å². The zero-order valence-corrected chi connectivity index (χ0v) is 15.2. The second-order valence-electron chi connectivity index (χ2n) is 5.46. The van der Waals surface area contributed by atoms with E-state index in [1.165, 1.54) is 6.26 Å². The maximum Gasteiger partial charge on any atom is 0.154 e. The third-order valence-electron chi connectivity index (χ3n) is 3.66. The summed E-state index contributed by atoms with van der Waals surface area (Å²) >= 11 is 3.49. The number of nitrogens with one attached hydrogen (secondary N) is 1. The van der Waals surface area contributed by atoms with Crippen LogP contribution in [-0.4, -0.2) is 35.7 Å². The molecule has 0 aromatic carbocycles. The Bertz CT molecular complexity index is 552. The van der Waals surface area contributed by atoms with E-state index in [9.17, 15) is 8.42 Å². The lowest BCUT2D eigenvalue weighted by molar-refractivity contribution is 0.393. The van der Waals surface area contributed by atoms with Gasteiger partial charge < -0.3 is 5.32 Å². The summed E-state index contributed by atoms with van der Waals surface area (Å²) in [4.78, 5) is 0. The van der Waals surface area contributed by atoms with Gasteiger partial charge in [0.2, 0.25) is 0 Å². The summed E-state index contributed by atoms with van der Waals surface area (Å²) < 4.78 is 26.1. The van der Waals surface area contributed by atoms with Crippen LogP contribution in [0.5, 0.6) is 0 Å². The number of sulfone groups is 1.